The molecule has 1 amide bonds. The van der Waals surface area contributed by atoms with Crippen molar-refractivity contribution in [3.8, 4) is 17.2 Å². The van der Waals surface area contributed by atoms with Crippen molar-refractivity contribution in [2.45, 2.75) is 13.5 Å². The number of ether oxygens (including phenoxy) is 2. The molecule has 0 unspecified atom stereocenters. The van der Waals surface area contributed by atoms with Gasteiger partial charge in [-0.15, -0.1) is 0 Å². The van der Waals surface area contributed by atoms with E-state index in [4.69, 9.17) is 9.47 Å². The van der Waals surface area contributed by atoms with E-state index in [1.807, 2.05) is 6.92 Å². The molecule has 1 aliphatic heterocycles. The summed E-state index contributed by atoms with van der Waals surface area (Å²) in [6, 6.07) is 7.62. The molecular formula is C18H13FN4O5. The van der Waals surface area contributed by atoms with Gasteiger partial charge in [0.05, 0.1) is 22.0 Å². The number of halogens is 1. The molecule has 1 aliphatic rings. The van der Waals surface area contributed by atoms with Crippen LogP contribution in [0.4, 0.5) is 20.6 Å². The first-order valence-electron chi connectivity index (χ1n) is 8.15. The molecule has 28 heavy (non-hydrogen) atoms. The third kappa shape index (κ3) is 3.11. The second kappa shape index (κ2) is 6.65. The summed E-state index contributed by atoms with van der Waals surface area (Å²) in [7, 11) is 0. The quantitative estimate of drug-likeness (QED) is 0.544. The molecule has 4 rings (SSSR count). The summed E-state index contributed by atoms with van der Waals surface area (Å²) < 4.78 is 26.9. The average molecular weight is 384 g/mol. The van der Waals surface area contributed by atoms with Crippen LogP contribution in [-0.2, 0) is 6.61 Å². The number of hydrogen-bond acceptors (Lipinski definition) is 6. The Bertz CT molecular complexity index is 1090. The van der Waals surface area contributed by atoms with Gasteiger partial charge in [-0.2, -0.15) is 0 Å². The molecular weight excluding hydrogens is 371 g/mol. The van der Waals surface area contributed by atoms with Crippen molar-refractivity contribution in [1.29, 1.82) is 0 Å². The largest absolute Gasteiger partial charge is 0.485 e. The van der Waals surface area contributed by atoms with Crippen molar-refractivity contribution >= 4 is 17.5 Å². The smallest absolute Gasteiger partial charge is 0.417 e. The lowest BCUT2D eigenvalue weighted by atomic mass is 10.2. The molecule has 0 aliphatic carbocycles. The first-order valence-corrected chi connectivity index (χ1v) is 8.15. The molecule has 0 bridgehead atoms. The van der Waals surface area contributed by atoms with Crippen LogP contribution in [0.3, 0.4) is 0 Å². The van der Waals surface area contributed by atoms with E-state index in [9.17, 15) is 19.3 Å². The fraction of sp³-hybridized carbons (Fsp3) is 0.111. The van der Waals surface area contributed by atoms with Crippen LogP contribution >= 0.6 is 0 Å². The topological polar surface area (TPSA) is 109 Å². The fourth-order valence-corrected chi connectivity index (χ4v) is 2.85. The number of rotatable bonds is 3. The van der Waals surface area contributed by atoms with E-state index in [0.717, 1.165) is 17.5 Å². The molecule has 3 aromatic rings. The van der Waals surface area contributed by atoms with Crippen LogP contribution in [0.5, 0.6) is 11.5 Å². The zero-order chi connectivity index (χ0) is 19.8. The molecule has 0 saturated heterocycles. The number of carbonyl (C=O) groups excluding carboxylic acids is 1. The molecule has 1 N–H and O–H groups in total. The van der Waals surface area contributed by atoms with Gasteiger partial charge in [0.1, 0.15) is 30.1 Å². The number of hydrogen-bond donors (Lipinski definition) is 1. The number of nitro benzene ring substituents is 1. The van der Waals surface area contributed by atoms with E-state index in [2.05, 4.69) is 10.3 Å². The molecule has 0 saturated carbocycles. The third-order valence-electron chi connectivity index (χ3n) is 4.21. The maximum absolute atomic E-state index is 14.6. The van der Waals surface area contributed by atoms with Gasteiger partial charge in [0.25, 0.3) is 5.69 Å². The minimum absolute atomic E-state index is 0.108. The second-order valence-corrected chi connectivity index (χ2v) is 6.01. The van der Waals surface area contributed by atoms with Gasteiger partial charge in [-0.1, -0.05) is 0 Å². The maximum atomic E-state index is 14.6. The highest BCUT2D eigenvalue weighted by Gasteiger charge is 2.24. The summed E-state index contributed by atoms with van der Waals surface area (Å²) in [5, 5.41) is 13.0. The molecule has 0 radical (unpaired) electrons. The Balaban J connectivity index is 1.52. The molecule has 0 spiro atoms. The van der Waals surface area contributed by atoms with Crippen LogP contribution < -0.4 is 14.8 Å². The maximum Gasteiger partial charge on any atom is 0.417 e. The zero-order valence-electron chi connectivity index (χ0n) is 14.5. The first kappa shape index (κ1) is 17.5. The zero-order valence-corrected chi connectivity index (χ0v) is 14.5. The molecule has 0 fully saturated rings. The Morgan fingerprint density at radius 3 is 2.82 bits per heavy atom. The summed E-state index contributed by atoms with van der Waals surface area (Å²) in [6.07, 6.45) is 0.647. The van der Waals surface area contributed by atoms with Crippen LogP contribution in [0.25, 0.3) is 5.69 Å². The van der Waals surface area contributed by atoms with E-state index in [1.165, 1.54) is 36.7 Å². The van der Waals surface area contributed by atoms with Gasteiger partial charge in [-0.25, -0.2) is 14.2 Å². The number of imidazole rings is 1. The Labute approximate surface area is 157 Å². The lowest BCUT2D eigenvalue weighted by Gasteiger charge is -2.21. The molecule has 9 nitrogen and oxygen atoms in total. The molecule has 1 aromatic heterocycles. The van der Waals surface area contributed by atoms with Crippen molar-refractivity contribution in [3.05, 3.63) is 70.0 Å². The Kier molecular flexibility index (Phi) is 4.15. The standard InChI is InChI=1S/C18H13FN4O5/c1-10-15-8-27-16-7-11(6-14(19)17(16)22(15)9-20-10)21-18(24)28-13-4-2-12(3-5-13)23(25)26/h2-7,9H,8H2,1H3,(H,21,24). The van der Waals surface area contributed by atoms with Gasteiger partial charge in [-0.3, -0.25) is 20.0 Å². The average Bonchev–Trinajstić information content (AvgIpc) is 3.02. The predicted octanol–water partition coefficient (Wildman–Crippen LogP) is 3.73. The van der Waals surface area contributed by atoms with Crippen molar-refractivity contribution in [1.82, 2.24) is 9.55 Å². The molecule has 142 valence electrons. The van der Waals surface area contributed by atoms with Crippen LogP contribution in [0.15, 0.2) is 42.7 Å². The fourth-order valence-electron chi connectivity index (χ4n) is 2.85. The Hall–Kier alpha value is -3.95. The Morgan fingerprint density at radius 2 is 2.11 bits per heavy atom. The number of aryl methyl sites for hydroxylation is 1. The van der Waals surface area contributed by atoms with Crippen LogP contribution in [0.1, 0.15) is 11.4 Å². The van der Waals surface area contributed by atoms with Crippen molar-refractivity contribution in [2.75, 3.05) is 5.32 Å². The summed E-state index contributed by atoms with van der Waals surface area (Å²) in [6.45, 7) is 2.04. The monoisotopic (exact) mass is 384 g/mol. The molecule has 2 heterocycles. The van der Waals surface area contributed by atoms with Crippen LogP contribution in [0.2, 0.25) is 0 Å². The van der Waals surface area contributed by atoms with Crippen molar-refractivity contribution in [3.63, 3.8) is 0 Å². The van der Waals surface area contributed by atoms with E-state index in [0.29, 0.717) is 0 Å². The third-order valence-corrected chi connectivity index (χ3v) is 4.21. The van der Waals surface area contributed by atoms with Crippen molar-refractivity contribution in [2.24, 2.45) is 0 Å². The molecule has 0 atom stereocenters. The highest BCUT2D eigenvalue weighted by molar-refractivity contribution is 5.87. The number of carbonyl (C=O) groups is 1. The summed E-state index contributed by atoms with van der Waals surface area (Å²) >= 11 is 0. The van der Waals surface area contributed by atoms with E-state index < -0.39 is 16.8 Å². The van der Waals surface area contributed by atoms with E-state index in [-0.39, 0.29) is 35.2 Å². The van der Waals surface area contributed by atoms with Gasteiger partial charge >= 0.3 is 6.09 Å². The number of aromatic nitrogens is 2. The van der Waals surface area contributed by atoms with Gasteiger partial charge < -0.3 is 9.47 Å². The van der Waals surface area contributed by atoms with Crippen LogP contribution in [-0.4, -0.2) is 20.6 Å². The Morgan fingerprint density at radius 1 is 1.36 bits per heavy atom. The minimum Gasteiger partial charge on any atom is -0.485 e. The number of nitrogens with one attached hydrogen (secondary N) is 1. The van der Waals surface area contributed by atoms with E-state index >= 15 is 0 Å². The number of fused-ring (bicyclic) bond motifs is 3. The van der Waals surface area contributed by atoms with Gasteiger partial charge in [0, 0.05) is 18.2 Å². The van der Waals surface area contributed by atoms with E-state index in [1.54, 1.807) is 4.57 Å². The SMILES string of the molecule is Cc1ncn2c1COc1cc(NC(=O)Oc3ccc([N+](=O)[O-])cc3)cc(F)c1-2. The number of nitro groups is 1. The minimum atomic E-state index is -0.872. The van der Waals surface area contributed by atoms with Gasteiger partial charge in [0.15, 0.2) is 5.82 Å². The highest BCUT2D eigenvalue weighted by Crippen LogP contribution is 2.35. The van der Waals surface area contributed by atoms with Crippen molar-refractivity contribution < 1.29 is 23.6 Å². The highest BCUT2D eigenvalue weighted by atomic mass is 19.1. The predicted molar refractivity (Wildman–Crippen MR) is 95.3 cm³/mol. The number of benzene rings is 2. The summed E-state index contributed by atoms with van der Waals surface area (Å²) in [5.41, 5.74) is 1.74. The number of nitrogens with zero attached hydrogens (tertiary/aromatic N) is 3. The summed E-state index contributed by atoms with van der Waals surface area (Å²) in [5.74, 6) is -0.228. The first-order chi connectivity index (χ1) is 13.4. The normalized spacial score (nSPS) is 11.8. The molecule has 10 heteroatoms. The van der Waals surface area contributed by atoms with Gasteiger partial charge in [0.2, 0.25) is 0 Å². The summed E-state index contributed by atoms with van der Waals surface area (Å²) in [4.78, 5) is 26.3. The lowest BCUT2D eigenvalue weighted by molar-refractivity contribution is -0.384. The molecule has 2 aromatic carbocycles. The number of non-ortho nitro benzene ring substituents is 1. The number of amides is 1. The lowest BCUT2D eigenvalue weighted by Crippen LogP contribution is -2.18. The van der Waals surface area contributed by atoms with Gasteiger partial charge in [-0.05, 0) is 25.1 Å². The number of anilines is 1. The second-order valence-electron chi connectivity index (χ2n) is 6.01. The van der Waals surface area contributed by atoms with Crippen LogP contribution in [0, 0.1) is 22.9 Å².